The Balaban J connectivity index is 2.42. The average Bonchev–Trinajstić information content (AvgIpc) is 3.22. The summed E-state index contributed by atoms with van der Waals surface area (Å²) in [4.78, 5) is 11.9. The van der Waals surface area contributed by atoms with E-state index in [0.29, 0.717) is 6.07 Å². The maximum Gasteiger partial charge on any atom is 0.416 e. The first-order chi connectivity index (χ1) is 9.84. The highest BCUT2D eigenvalue weighted by Crippen LogP contribution is 2.40. The summed E-state index contributed by atoms with van der Waals surface area (Å²) >= 11 is 0. The zero-order valence-electron chi connectivity index (χ0n) is 10.9. The van der Waals surface area contributed by atoms with E-state index in [4.69, 9.17) is 5.26 Å². The summed E-state index contributed by atoms with van der Waals surface area (Å²) in [6, 6.07) is 4.52. The highest BCUT2D eigenvalue weighted by Gasteiger charge is 2.36. The SMILES string of the molecule is N#CCCN(c1ccc(C(F)(F)F)cc1[N+](=O)[O-])C1CC1. The van der Waals surface area contributed by atoms with Gasteiger partial charge in [0.25, 0.3) is 5.69 Å². The smallest absolute Gasteiger partial charge is 0.362 e. The van der Waals surface area contributed by atoms with E-state index in [1.165, 1.54) is 0 Å². The van der Waals surface area contributed by atoms with E-state index in [1.54, 1.807) is 4.90 Å². The Hall–Kier alpha value is -2.30. The number of nitriles is 1. The first kappa shape index (κ1) is 15.1. The largest absolute Gasteiger partial charge is 0.416 e. The molecule has 1 aromatic carbocycles. The topological polar surface area (TPSA) is 70.2 Å². The summed E-state index contributed by atoms with van der Waals surface area (Å²) in [5, 5.41) is 19.7. The molecule has 1 aromatic rings. The highest BCUT2D eigenvalue weighted by molar-refractivity contribution is 5.65. The van der Waals surface area contributed by atoms with Crippen LogP contribution in [0.25, 0.3) is 0 Å². The molecule has 1 saturated carbocycles. The summed E-state index contributed by atoms with van der Waals surface area (Å²) in [5.41, 5.74) is -1.48. The van der Waals surface area contributed by atoms with Crippen LogP contribution in [0.15, 0.2) is 18.2 Å². The Morgan fingerprint density at radius 2 is 2.10 bits per heavy atom. The summed E-state index contributed by atoms with van der Waals surface area (Å²) in [7, 11) is 0. The average molecular weight is 299 g/mol. The number of rotatable bonds is 5. The molecule has 0 bridgehead atoms. The van der Waals surface area contributed by atoms with Gasteiger partial charge in [0.1, 0.15) is 5.69 Å². The summed E-state index contributed by atoms with van der Waals surface area (Å²) in [5.74, 6) is 0. The van der Waals surface area contributed by atoms with Crippen LogP contribution >= 0.6 is 0 Å². The molecule has 0 heterocycles. The van der Waals surface area contributed by atoms with E-state index in [-0.39, 0.29) is 24.7 Å². The molecule has 8 heteroatoms. The van der Waals surface area contributed by atoms with Gasteiger partial charge in [-0.2, -0.15) is 18.4 Å². The number of halogens is 3. The van der Waals surface area contributed by atoms with Crippen molar-refractivity contribution in [1.82, 2.24) is 0 Å². The zero-order valence-corrected chi connectivity index (χ0v) is 10.9. The molecule has 0 amide bonds. The molecule has 2 rings (SSSR count). The highest BCUT2D eigenvalue weighted by atomic mass is 19.4. The minimum Gasteiger partial charge on any atom is -0.362 e. The summed E-state index contributed by atoms with van der Waals surface area (Å²) in [6.45, 7) is 0.271. The Morgan fingerprint density at radius 3 is 2.57 bits per heavy atom. The molecule has 0 unspecified atom stereocenters. The molecule has 0 aromatic heterocycles. The van der Waals surface area contributed by atoms with Crippen molar-refractivity contribution in [3.05, 3.63) is 33.9 Å². The maximum absolute atomic E-state index is 12.7. The number of nitro benzene ring substituents is 1. The number of nitrogens with zero attached hydrogens (tertiary/aromatic N) is 3. The molecule has 0 aliphatic heterocycles. The Labute approximate surface area is 118 Å². The number of alkyl halides is 3. The van der Waals surface area contributed by atoms with Crippen LogP contribution in [0.4, 0.5) is 24.5 Å². The van der Waals surface area contributed by atoms with Crippen molar-refractivity contribution in [1.29, 1.82) is 5.26 Å². The minimum absolute atomic E-state index is 0.0637. The zero-order chi connectivity index (χ0) is 15.6. The third kappa shape index (κ3) is 3.42. The van der Waals surface area contributed by atoms with E-state index < -0.39 is 22.4 Å². The molecule has 21 heavy (non-hydrogen) atoms. The van der Waals surface area contributed by atoms with Gasteiger partial charge in [0.2, 0.25) is 0 Å². The molecule has 1 aliphatic carbocycles. The van der Waals surface area contributed by atoms with Gasteiger partial charge in [0.05, 0.1) is 23.0 Å². The predicted octanol–water partition coefficient (Wildman–Crippen LogP) is 3.50. The lowest BCUT2D eigenvalue weighted by atomic mass is 10.1. The van der Waals surface area contributed by atoms with Crippen LogP contribution < -0.4 is 4.90 Å². The molecule has 1 fully saturated rings. The second-order valence-corrected chi connectivity index (χ2v) is 4.79. The van der Waals surface area contributed by atoms with Crippen LogP contribution in [-0.2, 0) is 6.18 Å². The van der Waals surface area contributed by atoms with Crippen LogP contribution in [0.1, 0.15) is 24.8 Å². The van der Waals surface area contributed by atoms with Crippen molar-refractivity contribution in [3.63, 3.8) is 0 Å². The molecular weight excluding hydrogens is 287 g/mol. The fourth-order valence-electron chi connectivity index (χ4n) is 2.15. The normalized spacial score (nSPS) is 14.6. The fourth-order valence-corrected chi connectivity index (χ4v) is 2.15. The van der Waals surface area contributed by atoms with E-state index in [9.17, 15) is 23.3 Å². The van der Waals surface area contributed by atoms with Crippen LogP contribution in [0, 0.1) is 21.4 Å². The lowest BCUT2D eigenvalue weighted by molar-refractivity contribution is -0.384. The first-order valence-corrected chi connectivity index (χ1v) is 6.34. The lowest BCUT2D eigenvalue weighted by Gasteiger charge is -2.23. The minimum atomic E-state index is -4.62. The van der Waals surface area contributed by atoms with E-state index in [0.717, 1.165) is 25.0 Å². The monoisotopic (exact) mass is 299 g/mol. The molecule has 5 nitrogen and oxygen atoms in total. The van der Waals surface area contributed by atoms with Gasteiger partial charge in [-0.05, 0) is 25.0 Å². The third-order valence-corrected chi connectivity index (χ3v) is 3.26. The fraction of sp³-hybridized carbons (Fsp3) is 0.462. The molecule has 1 aliphatic rings. The Bertz CT molecular complexity index is 591. The second-order valence-electron chi connectivity index (χ2n) is 4.79. The standard InChI is InChI=1S/C13H12F3N3O2/c14-13(15,16)9-2-5-11(12(8-9)19(20)21)18(7-1-6-17)10-3-4-10/h2,5,8,10H,1,3-4,7H2. The number of hydrogen-bond acceptors (Lipinski definition) is 4. The molecule has 0 spiro atoms. The van der Waals surface area contributed by atoms with Crippen molar-refractivity contribution < 1.29 is 18.1 Å². The van der Waals surface area contributed by atoms with E-state index in [1.807, 2.05) is 6.07 Å². The van der Waals surface area contributed by atoms with Crippen molar-refractivity contribution >= 4 is 11.4 Å². The van der Waals surface area contributed by atoms with Crippen LogP contribution in [0.3, 0.4) is 0 Å². The van der Waals surface area contributed by atoms with Gasteiger partial charge < -0.3 is 4.90 Å². The van der Waals surface area contributed by atoms with Crippen molar-refractivity contribution in [2.75, 3.05) is 11.4 Å². The van der Waals surface area contributed by atoms with Gasteiger partial charge >= 0.3 is 6.18 Å². The van der Waals surface area contributed by atoms with Gasteiger partial charge in [0.15, 0.2) is 0 Å². The third-order valence-electron chi connectivity index (χ3n) is 3.26. The van der Waals surface area contributed by atoms with Crippen LogP contribution in [0.5, 0.6) is 0 Å². The number of nitro groups is 1. The summed E-state index contributed by atoms with van der Waals surface area (Å²) < 4.78 is 38.0. The molecule has 112 valence electrons. The van der Waals surface area contributed by atoms with Crippen molar-refractivity contribution in [3.8, 4) is 6.07 Å². The number of anilines is 1. The number of benzene rings is 1. The van der Waals surface area contributed by atoms with Gasteiger partial charge in [-0.3, -0.25) is 10.1 Å². The van der Waals surface area contributed by atoms with Crippen LogP contribution in [-0.4, -0.2) is 17.5 Å². The van der Waals surface area contributed by atoms with Gasteiger partial charge in [0, 0.05) is 18.7 Å². The molecule has 0 radical (unpaired) electrons. The maximum atomic E-state index is 12.7. The lowest BCUT2D eigenvalue weighted by Crippen LogP contribution is -2.27. The first-order valence-electron chi connectivity index (χ1n) is 6.34. The predicted molar refractivity (Wildman–Crippen MR) is 68.7 cm³/mol. The Morgan fingerprint density at radius 1 is 1.43 bits per heavy atom. The van der Waals surface area contributed by atoms with Gasteiger partial charge in [-0.1, -0.05) is 0 Å². The number of hydrogen-bond donors (Lipinski definition) is 0. The second kappa shape index (κ2) is 5.60. The molecule has 0 saturated heterocycles. The molecule has 0 N–H and O–H groups in total. The Kier molecular flexibility index (Phi) is 4.02. The quantitative estimate of drug-likeness (QED) is 0.616. The van der Waals surface area contributed by atoms with Crippen molar-refractivity contribution in [2.24, 2.45) is 0 Å². The van der Waals surface area contributed by atoms with E-state index in [2.05, 4.69) is 0 Å². The van der Waals surface area contributed by atoms with Gasteiger partial charge in [-0.25, -0.2) is 0 Å². The van der Waals surface area contributed by atoms with Crippen LogP contribution in [0.2, 0.25) is 0 Å². The molecule has 0 atom stereocenters. The molecular formula is C13H12F3N3O2. The van der Waals surface area contributed by atoms with E-state index >= 15 is 0 Å². The summed E-state index contributed by atoms with van der Waals surface area (Å²) in [6.07, 6.45) is -2.82. The van der Waals surface area contributed by atoms with Crippen molar-refractivity contribution in [2.45, 2.75) is 31.5 Å². The van der Waals surface area contributed by atoms with Gasteiger partial charge in [-0.15, -0.1) is 0 Å².